The third-order valence-corrected chi connectivity index (χ3v) is 4.82. The van der Waals surface area contributed by atoms with Crippen LogP contribution in [0.2, 0.25) is 0 Å². The van der Waals surface area contributed by atoms with Gasteiger partial charge >= 0.3 is 0 Å². The number of aromatic nitrogens is 2. The van der Waals surface area contributed by atoms with E-state index < -0.39 is 11.6 Å². The molecular formula is C19H25F2N3O. The quantitative estimate of drug-likeness (QED) is 0.830. The van der Waals surface area contributed by atoms with Crippen molar-refractivity contribution in [2.24, 2.45) is 0 Å². The molecule has 25 heavy (non-hydrogen) atoms. The van der Waals surface area contributed by atoms with Gasteiger partial charge in [-0.05, 0) is 45.2 Å². The molecule has 1 N–H and O–H groups in total. The van der Waals surface area contributed by atoms with Gasteiger partial charge in [0.15, 0.2) is 0 Å². The lowest BCUT2D eigenvalue weighted by Gasteiger charge is -2.24. The lowest BCUT2D eigenvalue weighted by Crippen LogP contribution is -2.39. The first-order valence-electron chi connectivity index (χ1n) is 8.91. The number of nitrogens with zero attached hydrogens (tertiary/aromatic N) is 2. The Labute approximate surface area is 147 Å². The molecule has 1 aromatic heterocycles. The molecule has 136 valence electrons. The first kappa shape index (κ1) is 18.0. The van der Waals surface area contributed by atoms with Crippen molar-refractivity contribution in [3.8, 4) is 0 Å². The van der Waals surface area contributed by atoms with Crippen molar-refractivity contribution in [1.29, 1.82) is 0 Å². The highest BCUT2D eigenvalue weighted by molar-refractivity contribution is 5.19. The Morgan fingerprint density at radius 2 is 2.12 bits per heavy atom. The molecule has 4 nitrogen and oxygen atoms in total. The van der Waals surface area contributed by atoms with Crippen LogP contribution in [0, 0.1) is 11.6 Å². The van der Waals surface area contributed by atoms with E-state index in [9.17, 15) is 8.78 Å². The van der Waals surface area contributed by atoms with Crippen LogP contribution in [0.4, 0.5) is 8.78 Å². The Kier molecular flexibility index (Phi) is 5.81. The van der Waals surface area contributed by atoms with Gasteiger partial charge < -0.3 is 14.6 Å². The summed E-state index contributed by atoms with van der Waals surface area (Å²) >= 11 is 0. The minimum atomic E-state index is -0.473. The molecule has 0 aliphatic carbocycles. The number of aryl methyl sites for hydroxylation is 1. The van der Waals surface area contributed by atoms with Crippen LogP contribution < -0.4 is 5.32 Å². The molecule has 3 atom stereocenters. The number of ether oxygens (including phenoxy) is 1. The predicted octanol–water partition coefficient (Wildman–Crippen LogP) is 3.62. The van der Waals surface area contributed by atoms with Crippen LogP contribution in [0.15, 0.2) is 30.6 Å². The van der Waals surface area contributed by atoms with Crippen molar-refractivity contribution >= 4 is 0 Å². The Morgan fingerprint density at radius 3 is 2.84 bits per heavy atom. The van der Waals surface area contributed by atoms with Gasteiger partial charge in [-0.3, -0.25) is 0 Å². The zero-order valence-corrected chi connectivity index (χ0v) is 14.7. The molecule has 0 bridgehead atoms. The van der Waals surface area contributed by atoms with E-state index in [0.29, 0.717) is 19.4 Å². The summed E-state index contributed by atoms with van der Waals surface area (Å²) in [5, 5.41) is 3.55. The predicted molar refractivity (Wildman–Crippen MR) is 92.3 cm³/mol. The summed E-state index contributed by atoms with van der Waals surface area (Å²) in [5.41, 5.74) is 0.164. The first-order chi connectivity index (χ1) is 12.1. The van der Waals surface area contributed by atoms with E-state index >= 15 is 0 Å². The monoisotopic (exact) mass is 349 g/mol. The fourth-order valence-corrected chi connectivity index (χ4v) is 3.44. The summed E-state index contributed by atoms with van der Waals surface area (Å²) < 4.78 is 35.5. The lowest BCUT2D eigenvalue weighted by molar-refractivity contribution is 0.0867. The van der Waals surface area contributed by atoms with E-state index in [-0.39, 0.29) is 23.8 Å². The summed E-state index contributed by atoms with van der Waals surface area (Å²) in [7, 11) is 0. The van der Waals surface area contributed by atoms with Crippen molar-refractivity contribution in [3.05, 3.63) is 53.6 Å². The maximum atomic E-state index is 13.7. The van der Waals surface area contributed by atoms with Crippen molar-refractivity contribution in [2.45, 2.75) is 57.8 Å². The van der Waals surface area contributed by atoms with E-state index in [1.54, 1.807) is 6.20 Å². The van der Waals surface area contributed by atoms with Crippen LogP contribution >= 0.6 is 0 Å². The van der Waals surface area contributed by atoms with Crippen molar-refractivity contribution < 1.29 is 13.5 Å². The number of rotatable bonds is 7. The van der Waals surface area contributed by atoms with E-state index in [1.165, 1.54) is 18.2 Å². The Morgan fingerprint density at radius 1 is 1.36 bits per heavy atom. The normalized spacial score (nSPS) is 21.6. The van der Waals surface area contributed by atoms with Crippen LogP contribution in [-0.4, -0.2) is 28.2 Å². The molecule has 0 amide bonds. The minimum absolute atomic E-state index is 0.0809. The molecule has 2 heterocycles. The number of hydrogen-bond acceptors (Lipinski definition) is 3. The molecule has 0 saturated carbocycles. The second kappa shape index (κ2) is 8.06. The summed E-state index contributed by atoms with van der Waals surface area (Å²) in [5.74, 6) is -0.0108. The van der Waals surface area contributed by atoms with Gasteiger partial charge in [0.05, 0.1) is 0 Å². The van der Waals surface area contributed by atoms with Crippen LogP contribution in [0.25, 0.3) is 0 Å². The van der Waals surface area contributed by atoms with Gasteiger partial charge in [0.2, 0.25) is 0 Å². The molecule has 1 aliphatic rings. The van der Waals surface area contributed by atoms with Crippen LogP contribution in [0.3, 0.4) is 0 Å². The van der Waals surface area contributed by atoms with E-state index in [2.05, 4.69) is 21.8 Å². The summed E-state index contributed by atoms with van der Waals surface area (Å²) in [6.45, 7) is 5.66. The fourth-order valence-electron chi connectivity index (χ4n) is 3.44. The highest BCUT2D eigenvalue weighted by Gasteiger charge is 2.33. The first-order valence-corrected chi connectivity index (χ1v) is 8.91. The largest absolute Gasteiger partial charge is 0.369 e. The van der Waals surface area contributed by atoms with Gasteiger partial charge in [-0.25, -0.2) is 13.8 Å². The third-order valence-electron chi connectivity index (χ3n) is 4.82. The zero-order chi connectivity index (χ0) is 17.8. The Bertz CT molecular complexity index is 683. The van der Waals surface area contributed by atoms with Crippen LogP contribution in [0.1, 0.15) is 44.2 Å². The summed E-state index contributed by atoms with van der Waals surface area (Å²) in [6.07, 6.45) is 5.60. The molecule has 1 saturated heterocycles. The second-order valence-corrected chi connectivity index (χ2v) is 6.56. The molecule has 3 rings (SSSR count). The molecular weight excluding hydrogens is 324 g/mol. The number of nitrogens with one attached hydrogen (secondary N) is 1. The van der Waals surface area contributed by atoms with Gasteiger partial charge in [-0.15, -0.1) is 0 Å². The van der Waals surface area contributed by atoms with Crippen molar-refractivity contribution in [3.63, 3.8) is 0 Å². The average Bonchev–Trinajstić information content (AvgIpc) is 3.22. The van der Waals surface area contributed by atoms with Gasteiger partial charge in [0.1, 0.15) is 23.6 Å². The SMILES string of the molecule is CCn1ccnc1[C@H]1OCC[C@@H]1N[C@H](C)CCc1c(F)cccc1F. The smallest absolute Gasteiger partial charge is 0.139 e. The van der Waals surface area contributed by atoms with Gasteiger partial charge in [0.25, 0.3) is 0 Å². The Balaban J connectivity index is 1.59. The van der Waals surface area contributed by atoms with E-state index in [4.69, 9.17) is 4.74 Å². The molecule has 6 heteroatoms. The van der Waals surface area contributed by atoms with E-state index in [1.807, 2.05) is 13.1 Å². The third kappa shape index (κ3) is 4.07. The summed E-state index contributed by atoms with van der Waals surface area (Å²) in [4.78, 5) is 4.44. The maximum Gasteiger partial charge on any atom is 0.139 e. The number of imidazole rings is 1. The van der Waals surface area contributed by atoms with Gasteiger partial charge in [-0.2, -0.15) is 0 Å². The highest BCUT2D eigenvalue weighted by atomic mass is 19.1. The zero-order valence-electron chi connectivity index (χ0n) is 14.7. The van der Waals surface area contributed by atoms with Crippen LogP contribution in [-0.2, 0) is 17.7 Å². The molecule has 0 unspecified atom stereocenters. The summed E-state index contributed by atoms with van der Waals surface area (Å²) in [6, 6.07) is 4.29. The number of benzene rings is 1. The molecule has 0 spiro atoms. The average molecular weight is 349 g/mol. The topological polar surface area (TPSA) is 39.1 Å². The fraction of sp³-hybridized carbons (Fsp3) is 0.526. The minimum Gasteiger partial charge on any atom is -0.369 e. The molecule has 1 aromatic carbocycles. The molecule has 1 fully saturated rings. The number of halogens is 2. The van der Waals surface area contributed by atoms with Gasteiger partial charge in [0, 0.05) is 43.2 Å². The van der Waals surface area contributed by atoms with E-state index in [0.717, 1.165) is 18.8 Å². The van der Waals surface area contributed by atoms with Crippen LogP contribution in [0.5, 0.6) is 0 Å². The van der Waals surface area contributed by atoms with Gasteiger partial charge in [-0.1, -0.05) is 6.07 Å². The van der Waals surface area contributed by atoms with Crippen molar-refractivity contribution in [2.75, 3.05) is 6.61 Å². The maximum absolute atomic E-state index is 13.7. The molecule has 0 radical (unpaired) electrons. The molecule has 1 aliphatic heterocycles. The lowest BCUT2D eigenvalue weighted by atomic mass is 10.0. The molecule has 2 aromatic rings. The van der Waals surface area contributed by atoms with Crippen molar-refractivity contribution in [1.82, 2.24) is 14.9 Å². The Hall–Kier alpha value is -1.79. The highest BCUT2D eigenvalue weighted by Crippen LogP contribution is 2.29. The second-order valence-electron chi connectivity index (χ2n) is 6.56. The standard InChI is InChI=1S/C19H25F2N3O/c1-3-24-11-10-22-19(24)18-17(9-12-25-18)23-13(2)7-8-14-15(20)5-4-6-16(14)21/h4-6,10-11,13,17-18,23H,3,7-9,12H2,1-2H3/t13-,17+,18+/m1/s1. The number of hydrogen-bond donors (Lipinski definition) is 1.